The van der Waals surface area contributed by atoms with Gasteiger partial charge in [0.15, 0.2) is 0 Å². The van der Waals surface area contributed by atoms with Gasteiger partial charge in [-0.1, -0.05) is 12.2 Å². The largest absolute Gasteiger partial charge is 0.494 e. The Morgan fingerprint density at radius 1 is 1.35 bits per heavy atom. The zero-order chi connectivity index (χ0) is 16.2. The second kappa shape index (κ2) is 6.57. The van der Waals surface area contributed by atoms with Crippen LogP contribution in [0.2, 0.25) is 0 Å². The number of methoxy groups -OCH3 is 1. The van der Waals surface area contributed by atoms with Crippen LogP contribution in [-0.2, 0) is 11.2 Å². The number of H-pyrrole nitrogens is 2. The molecule has 0 atom stereocenters. The average Bonchev–Trinajstić information content (AvgIpc) is 3.25. The van der Waals surface area contributed by atoms with Gasteiger partial charge in [0.1, 0.15) is 11.5 Å². The minimum Gasteiger partial charge on any atom is -0.494 e. The van der Waals surface area contributed by atoms with E-state index < -0.39 is 0 Å². The lowest BCUT2D eigenvalue weighted by molar-refractivity contribution is 0.303. The molecule has 118 valence electrons. The third kappa shape index (κ3) is 3.21. The number of aromatic nitrogens is 2. The molecule has 0 radical (unpaired) electrons. The maximum absolute atomic E-state index is 5.47. The van der Waals surface area contributed by atoms with Crippen LogP contribution in [0.1, 0.15) is 29.6 Å². The molecule has 3 heterocycles. The zero-order valence-corrected chi connectivity index (χ0v) is 13.7. The minimum atomic E-state index is 0.775. The number of nitrogens with zero attached hydrogens (tertiary/aromatic N) is 1. The van der Waals surface area contributed by atoms with Crippen LogP contribution >= 0.6 is 0 Å². The molecule has 4 nitrogen and oxygen atoms in total. The van der Waals surface area contributed by atoms with E-state index in [9.17, 15) is 0 Å². The van der Waals surface area contributed by atoms with Crippen molar-refractivity contribution in [2.75, 3.05) is 7.11 Å². The van der Waals surface area contributed by atoms with Crippen molar-refractivity contribution < 1.29 is 4.74 Å². The summed E-state index contributed by atoms with van der Waals surface area (Å²) in [5, 5.41) is 0. The molecule has 0 saturated carbocycles. The molecular formula is C19H21N3O. The van der Waals surface area contributed by atoms with Crippen LogP contribution in [0, 0.1) is 6.92 Å². The summed E-state index contributed by atoms with van der Waals surface area (Å²) < 4.78 is 5.47. The van der Waals surface area contributed by atoms with Crippen molar-refractivity contribution in [2.45, 2.75) is 20.3 Å². The van der Waals surface area contributed by atoms with Crippen molar-refractivity contribution in [2.24, 2.45) is 4.99 Å². The highest BCUT2D eigenvalue weighted by Gasteiger charge is 2.17. The third-order valence-corrected chi connectivity index (χ3v) is 3.86. The molecule has 2 aromatic heterocycles. The van der Waals surface area contributed by atoms with Gasteiger partial charge < -0.3 is 14.7 Å². The van der Waals surface area contributed by atoms with Gasteiger partial charge in [0.25, 0.3) is 0 Å². The van der Waals surface area contributed by atoms with Gasteiger partial charge >= 0.3 is 0 Å². The van der Waals surface area contributed by atoms with Gasteiger partial charge in [-0.3, -0.25) is 0 Å². The molecular weight excluding hydrogens is 286 g/mol. The molecule has 0 unspecified atom stereocenters. The van der Waals surface area contributed by atoms with E-state index in [-0.39, 0.29) is 0 Å². The fourth-order valence-corrected chi connectivity index (χ4v) is 2.62. The van der Waals surface area contributed by atoms with Crippen LogP contribution in [0.5, 0.6) is 0 Å². The van der Waals surface area contributed by atoms with E-state index >= 15 is 0 Å². The van der Waals surface area contributed by atoms with Crippen molar-refractivity contribution in [3.8, 4) is 0 Å². The number of aliphatic imine (C=N–C) groups is 1. The van der Waals surface area contributed by atoms with Crippen molar-refractivity contribution >= 4 is 11.8 Å². The highest BCUT2D eigenvalue weighted by Crippen LogP contribution is 2.25. The zero-order valence-electron chi connectivity index (χ0n) is 13.7. The van der Waals surface area contributed by atoms with E-state index in [1.807, 2.05) is 37.4 Å². The van der Waals surface area contributed by atoms with Gasteiger partial charge in [0.2, 0.25) is 0 Å². The quantitative estimate of drug-likeness (QED) is 0.801. The molecule has 0 fully saturated rings. The molecule has 1 aliphatic rings. The fourth-order valence-electron chi connectivity index (χ4n) is 2.62. The highest BCUT2D eigenvalue weighted by atomic mass is 16.5. The Balaban J connectivity index is 1.91. The molecule has 23 heavy (non-hydrogen) atoms. The summed E-state index contributed by atoms with van der Waals surface area (Å²) in [6.45, 7) is 4.13. The van der Waals surface area contributed by atoms with Gasteiger partial charge in [-0.05, 0) is 50.1 Å². The van der Waals surface area contributed by atoms with E-state index in [2.05, 4.69) is 40.1 Å². The monoisotopic (exact) mass is 307 g/mol. The minimum absolute atomic E-state index is 0.775. The van der Waals surface area contributed by atoms with E-state index in [1.165, 1.54) is 11.3 Å². The van der Waals surface area contributed by atoms with Gasteiger partial charge in [-0.25, -0.2) is 4.99 Å². The molecule has 2 N–H and O–H groups in total. The predicted molar refractivity (Wildman–Crippen MR) is 94.4 cm³/mol. The molecule has 2 aromatic rings. The molecule has 0 aliphatic carbocycles. The molecule has 0 aromatic carbocycles. The summed E-state index contributed by atoms with van der Waals surface area (Å²) in [6.07, 6.45) is 11.0. The highest BCUT2D eigenvalue weighted by molar-refractivity contribution is 6.11. The summed E-state index contributed by atoms with van der Waals surface area (Å²) in [6, 6.07) is 6.12. The number of aryl methyl sites for hydroxylation is 1. The van der Waals surface area contributed by atoms with E-state index in [0.717, 1.165) is 35.0 Å². The van der Waals surface area contributed by atoms with Crippen molar-refractivity contribution in [3.63, 3.8) is 0 Å². The van der Waals surface area contributed by atoms with Crippen molar-refractivity contribution in [3.05, 3.63) is 76.7 Å². The van der Waals surface area contributed by atoms with Gasteiger partial charge in [0, 0.05) is 23.7 Å². The number of rotatable bonds is 5. The second-order valence-corrected chi connectivity index (χ2v) is 5.47. The standard InChI is InChI=1S/C19H21N3O/c1-4-5-7-14-10-15(21-13(14)2)11-18-19(23-3)12-17(22-18)16-8-6-9-20-16/h4-6,8-12,20-21H,7H2,1-3H3/b5-4-,18-11+. The first-order chi connectivity index (χ1) is 11.2. The van der Waals surface area contributed by atoms with Crippen LogP contribution in [-0.4, -0.2) is 22.8 Å². The van der Waals surface area contributed by atoms with E-state index in [1.54, 1.807) is 7.11 Å². The summed E-state index contributed by atoms with van der Waals surface area (Å²) in [5.41, 5.74) is 6.22. The molecule has 0 spiro atoms. The fraction of sp³-hybridized carbons (Fsp3) is 0.211. The molecule has 3 rings (SSSR count). The van der Waals surface area contributed by atoms with Gasteiger partial charge in [-0.15, -0.1) is 0 Å². The maximum Gasteiger partial charge on any atom is 0.146 e. The predicted octanol–water partition coefficient (Wildman–Crippen LogP) is 4.14. The molecule has 1 aliphatic heterocycles. The topological polar surface area (TPSA) is 53.2 Å². The lowest BCUT2D eigenvalue weighted by atomic mass is 10.1. The number of allylic oxidation sites excluding steroid dienone is 3. The first-order valence-electron chi connectivity index (χ1n) is 7.71. The van der Waals surface area contributed by atoms with Crippen LogP contribution in [0.4, 0.5) is 0 Å². The van der Waals surface area contributed by atoms with Gasteiger partial charge in [0.05, 0.1) is 18.5 Å². The van der Waals surface area contributed by atoms with Crippen LogP contribution < -0.4 is 0 Å². The Morgan fingerprint density at radius 2 is 2.22 bits per heavy atom. The summed E-state index contributed by atoms with van der Waals surface area (Å²) in [7, 11) is 1.67. The Kier molecular flexibility index (Phi) is 4.33. The maximum atomic E-state index is 5.47. The lowest BCUT2D eigenvalue weighted by Gasteiger charge is -2.00. The summed E-state index contributed by atoms with van der Waals surface area (Å²) in [4.78, 5) is 11.2. The Hall–Kier alpha value is -2.75. The number of hydrogen-bond donors (Lipinski definition) is 2. The molecule has 0 saturated heterocycles. The number of ether oxygens (including phenoxy) is 1. The van der Waals surface area contributed by atoms with Crippen LogP contribution in [0.15, 0.2) is 59.1 Å². The first kappa shape index (κ1) is 15.2. The Labute approximate surface area is 136 Å². The third-order valence-electron chi connectivity index (χ3n) is 3.86. The van der Waals surface area contributed by atoms with Gasteiger partial charge in [-0.2, -0.15) is 0 Å². The molecule has 0 bridgehead atoms. The molecule has 4 heteroatoms. The van der Waals surface area contributed by atoms with Crippen LogP contribution in [0.3, 0.4) is 0 Å². The first-order valence-corrected chi connectivity index (χ1v) is 7.71. The van der Waals surface area contributed by atoms with E-state index in [0.29, 0.717) is 0 Å². The Bertz CT molecular complexity index is 802. The Morgan fingerprint density at radius 3 is 2.91 bits per heavy atom. The summed E-state index contributed by atoms with van der Waals surface area (Å²) >= 11 is 0. The number of hydrogen-bond acceptors (Lipinski definition) is 2. The van der Waals surface area contributed by atoms with E-state index in [4.69, 9.17) is 4.74 Å². The number of nitrogens with one attached hydrogen (secondary N) is 2. The smallest absolute Gasteiger partial charge is 0.146 e. The van der Waals surface area contributed by atoms with Crippen LogP contribution in [0.25, 0.3) is 6.08 Å². The van der Waals surface area contributed by atoms with Crippen molar-refractivity contribution in [1.29, 1.82) is 0 Å². The summed E-state index contributed by atoms with van der Waals surface area (Å²) in [5.74, 6) is 0.775. The van der Waals surface area contributed by atoms with Crippen molar-refractivity contribution in [1.82, 2.24) is 9.97 Å². The SMILES string of the molecule is C/C=C\Cc1cc(/C=C2/N=C(c3ccc[nH]3)C=C2OC)[nH]c1C. The lowest BCUT2D eigenvalue weighted by Crippen LogP contribution is -1.93. The molecule has 0 amide bonds. The normalized spacial score (nSPS) is 16.2. The average molecular weight is 307 g/mol. The number of aromatic amines is 2. The second-order valence-electron chi connectivity index (χ2n) is 5.47.